The average molecular weight is 1010 g/mol. The smallest absolute Gasteiger partial charge is 0.249 e. The van der Waals surface area contributed by atoms with Crippen LogP contribution in [-0.2, 0) is 14.3 Å². The van der Waals surface area contributed by atoms with Crippen molar-refractivity contribution in [1.29, 1.82) is 0 Å². The van der Waals surface area contributed by atoms with Crippen molar-refractivity contribution >= 4 is 5.91 Å². The van der Waals surface area contributed by atoms with E-state index in [1.807, 2.05) is 0 Å². The van der Waals surface area contributed by atoms with Crippen molar-refractivity contribution in [1.82, 2.24) is 5.32 Å². The first-order valence-corrected chi connectivity index (χ1v) is 29.9. The van der Waals surface area contributed by atoms with E-state index < -0.39 is 74.2 Å². The second-order valence-electron chi connectivity index (χ2n) is 21.0. The lowest BCUT2D eigenvalue weighted by atomic mass is 9.98. The molecule has 1 heterocycles. The molecule has 0 aromatic rings. The van der Waals surface area contributed by atoms with Crippen molar-refractivity contribution in [2.45, 2.75) is 326 Å². The molecule has 1 amide bonds. The van der Waals surface area contributed by atoms with Gasteiger partial charge in [0, 0.05) is 0 Å². The van der Waals surface area contributed by atoms with Crippen LogP contribution in [0.3, 0.4) is 0 Å². The van der Waals surface area contributed by atoms with Gasteiger partial charge in [-0.2, -0.15) is 0 Å². The molecule has 0 saturated carbocycles. The molecule has 0 bridgehead atoms. The zero-order chi connectivity index (χ0) is 51.8. The number of unbranched alkanes of at least 4 members (excludes halogenated alkanes) is 33. The summed E-state index contributed by atoms with van der Waals surface area (Å²) in [5, 5.41) is 76.1. The Morgan fingerprint density at radius 1 is 0.479 bits per heavy atom. The molecule has 0 aliphatic carbocycles. The van der Waals surface area contributed by atoms with Crippen LogP contribution in [0.1, 0.15) is 271 Å². The van der Waals surface area contributed by atoms with Gasteiger partial charge in [-0.3, -0.25) is 4.79 Å². The van der Waals surface area contributed by atoms with E-state index >= 15 is 0 Å². The molecule has 1 fully saturated rings. The molecule has 71 heavy (non-hydrogen) atoms. The molecule has 0 aromatic heterocycles. The molecule has 1 saturated heterocycles. The maximum atomic E-state index is 13.2. The van der Waals surface area contributed by atoms with Gasteiger partial charge >= 0.3 is 0 Å². The van der Waals surface area contributed by atoms with Crippen LogP contribution in [0, 0.1) is 0 Å². The van der Waals surface area contributed by atoms with Gasteiger partial charge in [0.1, 0.15) is 36.6 Å². The van der Waals surface area contributed by atoms with Crippen molar-refractivity contribution in [2.75, 3.05) is 13.2 Å². The summed E-state index contributed by atoms with van der Waals surface area (Å²) in [6, 6.07) is -1.19. The zero-order valence-electron chi connectivity index (χ0n) is 45.7. The predicted molar refractivity (Wildman–Crippen MR) is 293 cm³/mol. The van der Waals surface area contributed by atoms with Gasteiger partial charge in [-0.1, -0.05) is 230 Å². The van der Waals surface area contributed by atoms with Gasteiger partial charge in [0.25, 0.3) is 0 Å². The minimum Gasteiger partial charge on any atom is -0.394 e. The van der Waals surface area contributed by atoms with Crippen LogP contribution in [0.4, 0.5) is 0 Å². The highest BCUT2D eigenvalue weighted by Gasteiger charge is 2.44. The lowest BCUT2D eigenvalue weighted by molar-refractivity contribution is -0.303. The van der Waals surface area contributed by atoms with Gasteiger partial charge in [0.2, 0.25) is 5.91 Å². The Bertz CT molecular complexity index is 1250. The Labute approximate surface area is 435 Å². The predicted octanol–water partition coefficient (Wildman–Crippen LogP) is 12.7. The van der Waals surface area contributed by atoms with E-state index in [1.54, 1.807) is 0 Å². The van der Waals surface area contributed by atoms with Crippen LogP contribution < -0.4 is 5.32 Å². The summed E-state index contributed by atoms with van der Waals surface area (Å²) in [4.78, 5) is 13.2. The van der Waals surface area contributed by atoms with Crippen molar-refractivity contribution < 1.29 is 50.0 Å². The number of rotatable bonds is 51. The Morgan fingerprint density at radius 3 is 1.25 bits per heavy atom. The molecule has 418 valence electrons. The molecule has 0 aromatic carbocycles. The number of hydrogen-bond acceptors (Lipinski definition) is 10. The number of allylic oxidation sites excluding steroid dienone is 6. The van der Waals surface area contributed by atoms with Gasteiger partial charge in [-0.25, -0.2) is 0 Å². The van der Waals surface area contributed by atoms with E-state index in [0.717, 1.165) is 38.5 Å². The molecular weight excluding hydrogens is 895 g/mol. The second-order valence-corrected chi connectivity index (χ2v) is 21.0. The number of carbonyl (C=O) groups is 1. The molecule has 9 atom stereocenters. The van der Waals surface area contributed by atoms with E-state index in [4.69, 9.17) is 9.47 Å². The van der Waals surface area contributed by atoms with Crippen LogP contribution in [-0.4, -0.2) is 110 Å². The third-order valence-corrected chi connectivity index (χ3v) is 14.4. The topological polar surface area (TPSA) is 189 Å². The maximum Gasteiger partial charge on any atom is 0.249 e. The molecule has 8 N–H and O–H groups in total. The molecule has 0 radical (unpaired) electrons. The summed E-state index contributed by atoms with van der Waals surface area (Å²) in [6.45, 7) is 3.45. The van der Waals surface area contributed by atoms with Gasteiger partial charge < -0.3 is 50.5 Å². The molecule has 1 aliphatic heterocycles. The maximum absolute atomic E-state index is 13.2. The fourth-order valence-corrected chi connectivity index (χ4v) is 9.51. The minimum atomic E-state index is -1.67. The number of ether oxygens (including phenoxy) is 2. The van der Waals surface area contributed by atoms with E-state index in [2.05, 4.69) is 55.6 Å². The van der Waals surface area contributed by atoms with Gasteiger partial charge in [0.15, 0.2) is 6.29 Å². The monoisotopic (exact) mass is 1010 g/mol. The largest absolute Gasteiger partial charge is 0.394 e. The first-order valence-electron chi connectivity index (χ1n) is 29.9. The van der Waals surface area contributed by atoms with Crippen molar-refractivity contribution in [3.05, 3.63) is 36.5 Å². The Morgan fingerprint density at radius 2 is 0.845 bits per heavy atom. The van der Waals surface area contributed by atoms with Gasteiger partial charge in [-0.05, 0) is 77.0 Å². The normalized spacial score (nSPS) is 20.4. The number of aliphatic hydroxyl groups is 7. The lowest BCUT2D eigenvalue weighted by Gasteiger charge is -2.40. The third-order valence-electron chi connectivity index (χ3n) is 14.4. The van der Waals surface area contributed by atoms with Crippen molar-refractivity contribution in [3.8, 4) is 0 Å². The number of nitrogens with one attached hydrogen (secondary N) is 1. The van der Waals surface area contributed by atoms with Crippen molar-refractivity contribution in [3.63, 3.8) is 0 Å². The first kappa shape index (κ1) is 67.3. The fraction of sp³-hybridized carbons (Fsp3) is 0.883. The lowest BCUT2D eigenvalue weighted by Crippen LogP contribution is -2.60. The number of hydrogen-bond donors (Lipinski definition) is 8. The Hall–Kier alpha value is -1.67. The summed E-state index contributed by atoms with van der Waals surface area (Å²) < 4.78 is 11.1. The highest BCUT2D eigenvalue weighted by molar-refractivity contribution is 5.80. The second kappa shape index (κ2) is 49.2. The average Bonchev–Trinajstić information content (AvgIpc) is 3.37. The molecule has 1 rings (SSSR count). The molecular formula is C60H113NO10. The SMILES string of the molecule is CCCCCCCCC/C=C/CC/C=C/CCCC(O)C(O)C(COC1OC(CO)C(O)C(O)C1O)NC(=O)C(O)CCCCCCCCCCCCCC/C=C\CCCCCCCCCCCCCC. The van der Waals surface area contributed by atoms with E-state index in [0.29, 0.717) is 19.3 Å². The number of carbonyl (C=O) groups excluding carboxylic acids is 1. The summed E-state index contributed by atoms with van der Waals surface area (Å²) >= 11 is 0. The first-order chi connectivity index (χ1) is 34.7. The molecule has 11 heteroatoms. The summed E-state index contributed by atoms with van der Waals surface area (Å²) in [7, 11) is 0. The van der Waals surface area contributed by atoms with Crippen LogP contribution in [0.25, 0.3) is 0 Å². The van der Waals surface area contributed by atoms with Crippen LogP contribution >= 0.6 is 0 Å². The Balaban J connectivity index is 2.27. The highest BCUT2D eigenvalue weighted by Crippen LogP contribution is 2.23. The van der Waals surface area contributed by atoms with Gasteiger partial charge in [0.05, 0.1) is 25.4 Å². The summed E-state index contributed by atoms with van der Waals surface area (Å²) in [5.41, 5.74) is 0. The fourth-order valence-electron chi connectivity index (χ4n) is 9.51. The van der Waals surface area contributed by atoms with Crippen molar-refractivity contribution in [2.24, 2.45) is 0 Å². The molecule has 0 spiro atoms. The highest BCUT2D eigenvalue weighted by atomic mass is 16.7. The standard InChI is InChI=1S/C60H113NO10/c1-3-5-7-9-11-13-15-17-19-21-22-23-24-25-26-27-28-29-30-31-32-34-36-38-40-42-44-46-48-53(64)59(69)61-51(50-70-60-58(68)57(67)56(66)54(49-62)71-60)55(65)52(63)47-45-43-41-39-37-35-33-20-18-16-14-12-10-8-6-4-2/h20,25-26,33,39,41,51-58,60,62-68H,3-19,21-24,27-32,34-38,40,42-50H2,1-2H3,(H,61,69)/b26-25-,33-20+,41-39+. The van der Waals surface area contributed by atoms with E-state index in [9.17, 15) is 40.5 Å². The summed E-state index contributed by atoms with van der Waals surface area (Å²) in [6.07, 6.45) is 49.2. The van der Waals surface area contributed by atoms with Crippen LogP contribution in [0.5, 0.6) is 0 Å². The zero-order valence-corrected chi connectivity index (χ0v) is 45.7. The third kappa shape index (κ3) is 37.7. The number of amides is 1. The summed E-state index contributed by atoms with van der Waals surface area (Å²) in [5.74, 6) is -0.709. The quantitative estimate of drug-likeness (QED) is 0.0215. The van der Waals surface area contributed by atoms with Gasteiger partial charge in [-0.15, -0.1) is 0 Å². The van der Waals surface area contributed by atoms with Crippen LogP contribution in [0.2, 0.25) is 0 Å². The minimum absolute atomic E-state index is 0.246. The molecule has 1 aliphatic rings. The molecule has 9 unspecified atom stereocenters. The van der Waals surface area contributed by atoms with Crippen LogP contribution in [0.15, 0.2) is 36.5 Å². The Kier molecular flexibility index (Phi) is 46.7. The molecule has 11 nitrogen and oxygen atoms in total. The van der Waals surface area contributed by atoms with E-state index in [1.165, 1.54) is 186 Å². The number of aliphatic hydroxyl groups excluding tert-OH is 7. The van der Waals surface area contributed by atoms with E-state index in [-0.39, 0.29) is 12.8 Å².